The number of benzene rings is 2. The number of carbonyl (C=O) groups is 1. The number of nitrogens with one attached hydrogen (secondary N) is 1. The monoisotopic (exact) mass is 430 g/mol. The molecule has 1 aromatic heterocycles. The molecule has 1 N–H and O–H groups in total. The lowest BCUT2D eigenvalue weighted by atomic mass is 10.1. The van der Waals surface area contributed by atoms with Crippen molar-refractivity contribution in [2.45, 2.75) is 0 Å². The summed E-state index contributed by atoms with van der Waals surface area (Å²) in [5.74, 6) is 0.0544. The van der Waals surface area contributed by atoms with E-state index < -0.39 is 4.92 Å². The number of hydrogen-bond donors (Lipinski definition) is 1. The van der Waals surface area contributed by atoms with Crippen molar-refractivity contribution in [3.05, 3.63) is 80.8 Å². The molecule has 148 valence electrons. The predicted molar refractivity (Wildman–Crippen MR) is 115 cm³/mol. The third kappa shape index (κ3) is 4.82. The third-order valence-corrected chi connectivity index (χ3v) is 4.73. The van der Waals surface area contributed by atoms with E-state index in [0.29, 0.717) is 27.1 Å². The molecule has 0 spiro atoms. The number of rotatable bonds is 6. The highest BCUT2D eigenvalue weighted by atomic mass is 35.5. The van der Waals surface area contributed by atoms with Crippen LogP contribution in [0.25, 0.3) is 11.3 Å². The van der Waals surface area contributed by atoms with E-state index >= 15 is 0 Å². The number of nitrogens with zero attached hydrogens (tertiary/aromatic N) is 3. The molecule has 3 rings (SSSR count). The van der Waals surface area contributed by atoms with Crippen molar-refractivity contribution in [3.63, 3.8) is 0 Å². The van der Waals surface area contributed by atoms with Gasteiger partial charge in [-0.25, -0.2) is 4.98 Å². The van der Waals surface area contributed by atoms with Gasteiger partial charge in [0, 0.05) is 18.7 Å². The summed E-state index contributed by atoms with van der Waals surface area (Å²) in [7, 11) is 1.66. The van der Waals surface area contributed by atoms with E-state index in [2.05, 4.69) is 10.3 Å². The van der Waals surface area contributed by atoms with Crippen LogP contribution in [-0.4, -0.2) is 29.4 Å². The molecule has 29 heavy (non-hydrogen) atoms. The van der Waals surface area contributed by atoms with Gasteiger partial charge in [-0.1, -0.05) is 59.6 Å². The molecule has 0 saturated heterocycles. The first-order valence-electron chi connectivity index (χ1n) is 8.52. The van der Waals surface area contributed by atoms with Crippen LogP contribution < -0.4 is 10.2 Å². The Labute approximate surface area is 177 Å². The lowest BCUT2D eigenvalue weighted by Gasteiger charge is -2.19. The Morgan fingerprint density at radius 2 is 1.72 bits per heavy atom. The second kappa shape index (κ2) is 8.89. The second-order valence-electron chi connectivity index (χ2n) is 6.16. The van der Waals surface area contributed by atoms with Gasteiger partial charge in [0.2, 0.25) is 5.91 Å². The maximum Gasteiger partial charge on any atom is 0.295 e. The molecule has 0 aliphatic carbocycles. The van der Waals surface area contributed by atoms with Crippen LogP contribution in [0.1, 0.15) is 0 Å². The molecule has 0 atom stereocenters. The van der Waals surface area contributed by atoms with Crippen molar-refractivity contribution in [2.75, 3.05) is 23.8 Å². The van der Waals surface area contributed by atoms with E-state index in [1.54, 1.807) is 54.4 Å². The average molecular weight is 431 g/mol. The zero-order valence-electron chi connectivity index (χ0n) is 15.3. The Kier molecular flexibility index (Phi) is 6.31. The highest BCUT2D eigenvalue weighted by Gasteiger charge is 2.20. The number of aromatic nitrogens is 1. The summed E-state index contributed by atoms with van der Waals surface area (Å²) >= 11 is 12.1. The molecule has 0 saturated carbocycles. The fourth-order valence-electron chi connectivity index (χ4n) is 2.70. The van der Waals surface area contributed by atoms with Gasteiger partial charge in [-0.3, -0.25) is 14.9 Å². The van der Waals surface area contributed by atoms with Gasteiger partial charge < -0.3 is 10.2 Å². The number of anilines is 2. The highest BCUT2D eigenvalue weighted by Crippen LogP contribution is 2.31. The van der Waals surface area contributed by atoms with Gasteiger partial charge in [0.05, 0.1) is 27.2 Å². The fourth-order valence-corrected chi connectivity index (χ4v) is 3.19. The molecule has 0 bridgehead atoms. The Balaban J connectivity index is 1.83. The lowest BCUT2D eigenvalue weighted by Crippen LogP contribution is -2.30. The van der Waals surface area contributed by atoms with E-state index in [4.69, 9.17) is 23.2 Å². The first-order chi connectivity index (χ1) is 13.9. The molecule has 0 aliphatic heterocycles. The normalized spacial score (nSPS) is 10.4. The molecule has 7 nitrogen and oxygen atoms in total. The summed E-state index contributed by atoms with van der Waals surface area (Å²) in [5, 5.41) is 14.7. The molecule has 0 aliphatic rings. The summed E-state index contributed by atoms with van der Waals surface area (Å²) in [5.41, 5.74) is 1.06. The second-order valence-corrected chi connectivity index (χ2v) is 6.98. The number of halogens is 2. The van der Waals surface area contributed by atoms with Gasteiger partial charge in [-0.05, 0) is 18.2 Å². The molecule has 1 heterocycles. The van der Waals surface area contributed by atoms with Crippen molar-refractivity contribution in [3.8, 4) is 11.3 Å². The summed E-state index contributed by atoms with van der Waals surface area (Å²) in [4.78, 5) is 29.3. The lowest BCUT2D eigenvalue weighted by molar-refractivity contribution is -0.384. The maximum atomic E-state index is 12.4. The van der Waals surface area contributed by atoms with Crippen LogP contribution in [0.2, 0.25) is 10.0 Å². The van der Waals surface area contributed by atoms with Crippen molar-refractivity contribution in [1.29, 1.82) is 0 Å². The van der Waals surface area contributed by atoms with Crippen LogP contribution in [-0.2, 0) is 4.79 Å². The molecule has 3 aromatic rings. The summed E-state index contributed by atoms with van der Waals surface area (Å²) in [6, 6.07) is 16.7. The summed E-state index contributed by atoms with van der Waals surface area (Å²) in [6.07, 6.45) is 0. The summed E-state index contributed by atoms with van der Waals surface area (Å²) < 4.78 is 0. The van der Waals surface area contributed by atoms with Crippen LogP contribution in [0.4, 0.5) is 17.2 Å². The van der Waals surface area contributed by atoms with E-state index in [0.717, 1.165) is 0 Å². The Hall–Kier alpha value is -3.16. The SMILES string of the molecule is CN(CC(=O)Nc1c(Cl)cccc1Cl)c1ccc([N+](=O)[O-])c(-c2ccccc2)n1. The minimum Gasteiger partial charge on any atom is -0.350 e. The quantitative estimate of drug-likeness (QED) is 0.437. The third-order valence-electron chi connectivity index (χ3n) is 4.10. The number of amides is 1. The largest absolute Gasteiger partial charge is 0.350 e. The van der Waals surface area contributed by atoms with Gasteiger partial charge in [0.25, 0.3) is 5.69 Å². The first-order valence-corrected chi connectivity index (χ1v) is 9.28. The van der Waals surface area contributed by atoms with Crippen LogP contribution in [0.15, 0.2) is 60.7 Å². The van der Waals surface area contributed by atoms with Gasteiger partial charge in [-0.2, -0.15) is 0 Å². The smallest absolute Gasteiger partial charge is 0.295 e. The molecule has 0 fully saturated rings. The minimum atomic E-state index is -0.481. The molecule has 2 aromatic carbocycles. The summed E-state index contributed by atoms with van der Waals surface area (Å²) in [6.45, 7) is -0.0550. The molecule has 1 amide bonds. The van der Waals surface area contributed by atoms with Crippen molar-refractivity contribution < 1.29 is 9.72 Å². The van der Waals surface area contributed by atoms with Crippen molar-refractivity contribution >= 4 is 46.3 Å². The Morgan fingerprint density at radius 3 is 2.34 bits per heavy atom. The van der Waals surface area contributed by atoms with Crippen LogP contribution >= 0.6 is 23.2 Å². The number of pyridine rings is 1. The molecule has 0 radical (unpaired) electrons. The number of para-hydroxylation sites is 1. The van der Waals surface area contributed by atoms with Crippen LogP contribution in [0, 0.1) is 10.1 Å². The Bertz CT molecular complexity index is 1040. The molecular weight excluding hydrogens is 415 g/mol. The maximum absolute atomic E-state index is 12.4. The van der Waals surface area contributed by atoms with E-state index in [1.807, 2.05) is 6.07 Å². The molecule has 0 unspecified atom stereocenters. The standard InChI is InChI=1S/C20H16Cl2N4O3/c1-25(12-18(27)24-20-14(21)8-5-9-15(20)22)17-11-10-16(26(28)29)19(23-17)13-6-3-2-4-7-13/h2-11H,12H2,1H3,(H,24,27). The highest BCUT2D eigenvalue weighted by molar-refractivity contribution is 6.39. The number of hydrogen-bond acceptors (Lipinski definition) is 5. The molecule has 9 heteroatoms. The topological polar surface area (TPSA) is 88.4 Å². The zero-order valence-corrected chi connectivity index (χ0v) is 16.8. The van der Waals surface area contributed by atoms with Gasteiger partial charge in [-0.15, -0.1) is 0 Å². The van der Waals surface area contributed by atoms with Crippen LogP contribution in [0.3, 0.4) is 0 Å². The zero-order chi connectivity index (χ0) is 21.0. The van der Waals surface area contributed by atoms with Gasteiger partial charge in [0.15, 0.2) is 5.69 Å². The molecular formula is C20H16Cl2N4O3. The fraction of sp³-hybridized carbons (Fsp3) is 0.100. The van der Waals surface area contributed by atoms with E-state index in [-0.39, 0.29) is 23.8 Å². The predicted octanol–water partition coefficient (Wildman–Crippen LogP) is 5.04. The Morgan fingerprint density at radius 1 is 1.07 bits per heavy atom. The first kappa shape index (κ1) is 20.6. The number of nitro groups is 1. The van der Waals surface area contributed by atoms with E-state index in [1.165, 1.54) is 12.1 Å². The van der Waals surface area contributed by atoms with Crippen molar-refractivity contribution in [2.24, 2.45) is 0 Å². The van der Waals surface area contributed by atoms with Crippen LogP contribution in [0.5, 0.6) is 0 Å². The average Bonchev–Trinajstić information content (AvgIpc) is 2.71. The number of carbonyl (C=O) groups excluding carboxylic acids is 1. The van der Waals surface area contributed by atoms with Gasteiger partial charge >= 0.3 is 0 Å². The van der Waals surface area contributed by atoms with Gasteiger partial charge in [0.1, 0.15) is 5.82 Å². The number of likely N-dealkylation sites (N-methyl/N-ethyl adjacent to an activating group) is 1. The minimum absolute atomic E-state index is 0.0550. The van der Waals surface area contributed by atoms with E-state index in [9.17, 15) is 14.9 Å². The van der Waals surface area contributed by atoms with Crippen molar-refractivity contribution in [1.82, 2.24) is 4.98 Å².